The molecule has 0 saturated carbocycles. The monoisotopic (exact) mass is 385 g/mol. The number of carboxylic acid groups (broad SMARTS) is 1. The van der Waals surface area contributed by atoms with Crippen LogP contribution in [0.25, 0.3) is 0 Å². The molecule has 0 aromatic heterocycles. The number of alkyl halides is 3. The first-order chi connectivity index (χ1) is 10.9. The van der Waals surface area contributed by atoms with E-state index in [1.54, 1.807) is 6.92 Å². The molecule has 2 rings (SSSR count). The molecule has 0 amide bonds. The van der Waals surface area contributed by atoms with E-state index in [0.29, 0.717) is 12.5 Å². The minimum Gasteiger partial charge on any atom is -0.481 e. The van der Waals surface area contributed by atoms with Gasteiger partial charge in [-0.25, -0.2) is 8.42 Å². The van der Waals surface area contributed by atoms with Crippen LogP contribution in [0.5, 0.6) is 0 Å². The third-order valence-electron chi connectivity index (χ3n) is 3.86. The fourth-order valence-electron chi connectivity index (χ4n) is 2.71. The molecule has 134 valence electrons. The topological polar surface area (TPSA) is 74.7 Å². The molecule has 1 aromatic carbocycles. The molecule has 0 spiro atoms. The van der Waals surface area contributed by atoms with Crippen LogP contribution in [0, 0.1) is 11.8 Å². The Labute approximate surface area is 142 Å². The van der Waals surface area contributed by atoms with Gasteiger partial charge in [-0.2, -0.15) is 17.5 Å². The molecule has 2 atom stereocenters. The molecule has 1 aliphatic rings. The number of hydrogen-bond donors (Lipinski definition) is 1. The van der Waals surface area contributed by atoms with Crippen LogP contribution in [0.2, 0.25) is 5.02 Å². The van der Waals surface area contributed by atoms with Crippen LogP contribution in [0.15, 0.2) is 23.1 Å². The third-order valence-corrected chi connectivity index (χ3v) is 6.01. The summed E-state index contributed by atoms with van der Waals surface area (Å²) in [4.78, 5) is 10.6. The Balaban J connectivity index is 2.42. The summed E-state index contributed by atoms with van der Waals surface area (Å²) in [5.74, 6) is -2.24. The molecule has 1 saturated heterocycles. The van der Waals surface area contributed by atoms with Gasteiger partial charge in [0, 0.05) is 13.1 Å². The summed E-state index contributed by atoms with van der Waals surface area (Å²) < 4.78 is 64.9. The number of carboxylic acids is 1. The Morgan fingerprint density at radius 2 is 1.96 bits per heavy atom. The Morgan fingerprint density at radius 3 is 2.50 bits per heavy atom. The van der Waals surface area contributed by atoms with Gasteiger partial charge in [-0.3, -0.25) is 4.79 Å². The van der Waals surface area contributed by atoms with E-state index in [-0.39, 0.29) is 19.0 Å². The second-order valence-electron chi connectivity index (χ2n) is 5.84. The van der Waals surface area contributed by atoms with E-state index in [1.807, 2.05) is 0 Å². The number of halogens is 4. The number of nitrogens with zero attached hydrogens (tertiary/aromatic N) is 1. The van der Waals surface area contributed by atoms with Crippen LogP contribution in [0.3, 0.4) is 0 Å². The molecule has 1 N–H and O–H groups in total. The van der Waals surface area contributed by atoms with Crippen molar-refractivity contribution in [3.05, 3.63) is 28.8 Å². The van der Waals surface area contributed by atoms with Gasteiger partial charge < -0.3 is 5.11 Å². The van der Waals surface area contributed by atoms with Crippen LogP contribution < -0.4 is 0 Å². The van der Waals surface area contributed by atoms with E-state index in [0.717, 1.165) is 16.4 Å². The van der Waals surface area contributed by atoms with Crippen molar-refractivity contribution < 1.29 is 31.5 Å². The number of sulfonamides is 1. The van der Waals surface area contributed by atoms with Gasteiger partial charge in [-0.15, -0.1) is 0 Å². The summed E-state index contributed by atoms with van der Waals surface area (Å²) in [5.41, 5.74) is -1.25. The molecule has 1 heterocycles. The lowest BCUT2D eigenvalue weighted by molar-refractivity contribution is -0.143. The van der Waals surface area contributed by atoms with Gasteiger partial charge in [-0.1, -0.05) is 18.5 Å². The van der Waals surface area contributed by atoms with E-state index in [1.165, 1.54) is 0 Å². The number of aliphatic carboxylic acids is 1. The highest BCUT2D eigenvalue weighted by Gasteiger charge is 2.38. The van der Waals surface area contributed by atoms with Crippen molar-refractivity contribution in [3.8, 4) is 0 Å². The van der Waals surface area contributed by atoms with Crippen LogP contribution in [0.1, 0.15) is 18.9 Å². The third kappa shape index (κ3) is 3.84. The van der Waals surface area contributed by atoms with Gasteiger partial charge in [0.05, 0.1) is 21.4 Å². The van der Waals surface area contributed by atoms with Crippen LogP contribution >= 0.6 is 11.6 Å². The van der Waals surface area contributed by atoms with Crippen molar-refractivity contribution in [1.82, 2.24) is 4.31 Å². The zero-order chi connectivity index (χ0) is 18.3. The maximum Gasteiger partial charge on any atom is 0.417 e. The predicted molar refractivity (Wildman–Crippen MR) is 80.1 cm³/mol. The zero-order valence-electron chi connectivity index (χ0n) is 12.5. The van der Waals surface area contributed by atoms with Crippen LogP contribution in [-0.4, -0.2) is 36.9 Å². The maximum atomic E-state index is 12.9. The Morgan fingerprint density at radius 1 is 1.33 bits per heavy atom. The fraction of sp³-hybridized carbons (Fsp3) is 0.500. The normalized spacial score (nSPS) is 23.2. The van der Waals surface area contributed by atoms with Crippen molar-refractivity contribution in [3.63, 3.8) is 0 Å². The van der Waals surface area contributed by atoms with E-state index in [2.05, 4.69) is 0 Å². The van der Waals surface area contributed by atoms with E-state index < -0.39 is 43.6 Å². The summed E-state index contributed by atoms with van der Waals surface area (Å²) in [6.45, 7) is 1.47. The first-order valence-electron chi connectivity index (χ1n) is 7.02. The highest BCUT2D eigenvalue weighted by Crippen LogP contribution is 2.37. The second kappa shape index (κ2) is 6.53. The van der Waals surface area contributed by atoms with Gasteiger partial charge >= 0.3 is 12.1 Å². The number of piperidine rings is 1. The second-order valence-corrected chi connectivity index (χ2v) is 8.18. The minimum atomic E-state index is -4.79. The first-order valence-corrected chi connectivity index (χ1v) is 8.84. The van der Waals surface area contributed by atoms with Gasteiger partial charge in [0.1, 0.15) is 0 Å². The summed E-state index contributed by atoms with van der Waals surface area (Å²) in [6, 6.07) is 2.34. The Hall–Kier alpha value is -1.32. The number of hydrogen-bond acceptors (Lipinski definition) is 3. The van der Waals surface area contributed by atoms with Crippen molar-refractivity contribution in [2.45, 2.75) is 24.4 Å². The molecule has 0 bridgehead atoms. The maximum absolute atomic E-state index is 12.9. The van der Waals surface area contributed by atoms with Gasteiger partial charge in [0.15, 0.2) is 0 Å². The predicted octanol–water partition coefficient (Wildman–Crippen LogP) is 3.09. The van der Waals surface area contributed by atoms with Crippen LogP contribution in [-0.2, 0) is 21.0 Å². The van der Waals surface area contributed by atoms with Crippen molar-refractivity contribution in [2.24, 2.45) is 11.8 Å². The molecule has 2 unspecified atom stereocenters. The van der Waals surface area contributed by atoms with E-state index in [9.17, 15) is 26.4 Å². The first kappa shape index (κ1) is 19.0. The zero-order valence-corrected chi connectivity index (χ0v) is 14.1. The van der Waals surface area contributed by atoms with E-state index >= 15 is 0 Å². The van der Waals surface area contributed by atoms with Crippen molar-refractivity contribution >= 4 is 27.6 Å². The Kier molecular flexibility index (Phi) is 5.17. The molecule has 5 nitrogen and oxygen atoms in total. The largest absolute Gasteiger partial charge is 0.481 e. The van der Waals surface area contributed by atoms with E-state index in [4.69, 9.17) is 16.7 Å². The highest BCUT2D eigenvalue weighted by molar-refractivity contribution is 7.89. The lowest BCUT2D eigenvalue weighted by Crippen LogP contribution is -2.45. The fourth-order valence-corrected chi connectivity index (χ4v) is 4.57. The standard InChI is InChI=1S/C14H15ClF3NO4S/c1-8-4-9(13(20)21)7-19(6-8)24(22,23)10-2-3-12(15)11(5-10)14(16,17)18/h2-3,5,8-9H,4,6-7H2,1H3,(H,20,21). The van der Waals surface area contributed by atoms with Gasteiger partial charge in [0.2, 0.25) is 10.0 Å². The Bertz CT molecular complexity index is 751. The molecule has 10 heteroatoms. The summed E-state index contributed by atoms with van der Waals surface area (Å²) in [5, 5.41) is 8.51. The summed E-state index contributed by atoms with van der Waals surface area (Å²) >= 11 is 5.50. The number of benzene rings is 1. The molecule has 1 fully saturated rings. The SMILES string of the molecule is CC1CC(C(=O)O)CN(S(=O)(=O)c2ccc(Cl)c(C(F)(F)F)c2)C1. The molecule has 1 aliphatic heterocycles. The van der Waals surface area contributed by atoms with Gasteiger partial charge in [0.25, 0.3) is 0 Å². The molecule has 0 radical (unpaired) electrons. The average Bonchev–Trinajstić information content (AvgIpc) is 2.45. The highest BCUT2D eigenvalue weighted by atomic mass is 35.5. The average molecular weight is 386 g/mol. The quantitative estimate of drug-likeness (QED) is 0.867. The van der Waals surface area contributed by atoms with Gasteiger partial charge in [-0.05, 0) is 30.5 Å². The molecular weight excluding hydrogens is 371 g/mol. The minimum absolute atomic E-state index is 0.0517. The number of rotatable bonds is 3. The molecule has 24 heavy (non-hydrogen) atoms. The molecule has 1 aromatic rings. The molecular formula is C14H15ClF3NO4S. The lowest BCUT2D eigenvalue weighted by atomic mass is 9.92. The smallest absolute Gasteiger partial charge is 0.417 e. The van der Waals surface area contributed by atoms with Crippen LogP contribution in [0.4, 0.5) is 13.2 Å². The lowest BCUT2D eigenvalue weighted by Gasteiger charge is -2.33. The number of carbonyl (C=O) groups is 1. The summed E-state index contributed by atoms with van der Waals surface area (Å²) in [6.07, 6.45) is -4.48. The van der Waals surface area contributed by atoms with Crippen molar-refractivity contribution in [1.29, 1.82) is 0 Å². The summed E-state index contributed by atoms with van der Waals surface area (Å²) in [7, 11) is -4.25. The molecule has 0 aliphatic carbocycles. The van der Waals surface area contributed by atoms with Crippen molar-refractivity contribution in [2.75, 3.05) is 13.1 Å².